The fourth-order valence-electron chi connectivity index (χ4n) is 3.68. The zero-order valence-corrected chi connectivity index (χ0v) is 15.6. The van der Waals surface area contributed by atoms with E-state index in [2.05, 4.69) is 28.2 Å². The predicted octanol–water partition coefficient (Wildman–Crippen LogP) is 3.63. The number of anilines is 2. The van der Waals surface area contributed by atoms with Crippen molar-refractivity contribution in [3.05, 3.63) is 66.4 Å². The number of hydrogen-bond acceptors (Lipinski definition) is 4. The summed E-state index contributed by atoms with van der Waals surface area (Å²) in [5, 5.41) is 5.49. The van der Waals surface area contributed by atoms with Gasteiger partial charge in [0.15, 0.2) is 5.82 Å². The number of nitrogens with one attached hydrogen (secondary N) is 1. The lowest BCUT2D eigenvalue weighted by atomic mass is 10.0. The molecule has 1 aliphatic heterocycles. The Morgan fingerprint density at radius 2 is 1.78 bits per heavy atom. The van der Waals surface area contributed by atoms with Crippen molar-refractivity contribution in [1.82, 2.24) is 9.88 Å². The van der Waals surface area contributed by atoms with Crippen LogP contribution in [0.5, 0.6) is 0 Å². The minimum absolute atomic E-state index is 0.111. The largest absolute Gasteiger partial charge is 0.382 e. The van der Waals surface area contributed by atoms with Crippen LogP contribution in [-0.2, 0) is 0 Å². The highest BCUT2D eigenvalue weighted by molar-refractivity contribution is 6.07. The summed E-state index contributed by atoms with van der Waals surface area (Å²) in [6.07, 6.45) is 1.82. The number of nitrogens with zero attached hydrogens (tertiary/aromatic N) is 3. The summed E-state index contributed by atoms with van der Waals surface area (Å²) in [5.74, 6) is 1.08. The third-order valence-corrected chi connectivity index (χ3v) is 5.04. The molecule has 5 nitrogen and oxygen atoms in total. The van der Waals surface area contributed by atoms with E-state index in [1.807, 2.05) is 59.6 Å². The van der Waals surface area contributed by atoms with Gasteiger partial charge < -0.3 is 15.1 Å². The number of hydrogen-bond donors (Lipinski definition) is 1. The fourth-order valence-corrected chi connectivity index (χ4v) is 3.68. The van der Waals surface area contributed by atoms with Crippen LogP contribution < -0.4 is 10.2 Å². The van der Waals surface area contributed by atoms with Crippen LogP contribution in [0.4, 0.5) is 11.5 Å². The van der Waals surface area contributed by atoms with Crippen LogP contribution in [0, 0.1) is 0 Å². The van der Waals surface area contributed by atoms with Gasteiger partial charge in [0.1, 0.15) is 0 Å². The monoisotopic (exact) mass is 360 g/mol. The Balaban J connectivity index is 1.50. The summed E-state index contributed by atoms with van der Waals surface area (Å²) in [4.78, 5) is 21.9. The van der Waals surface area contributed by atoms with Crippen molar-refractivity contribution in [3.8, 4) is 0 Å². The summed E-state index contributed by atoms with van der Waals surface area (Å²) in [6, 6.07) is 18.0. The molecule has 0 atom stereocenters. The molecule has 1 aliphatic rings. The standard InChI is InChI=1S/C22H24N4O/c1-2-23-20-11-6-12-24-21(20)25-13-15-26(16-14-25)22(27)19-10-5-8-17-7-3-4-9-18(17)19/h3-12,23H,2,13-16H2,1H3. The molecule has 1 fully saturated rings. The second-order valence-corrected chi connectivity index (χ2v) is 6.71. The Morgan fingerprint density at radius 3 is 2.59 bits per heavy atom. The molecule has 0 unspecified atom stereocenters. The molecule has 0 aliphatic carbocycles. The zero-order valence-electron chi connectivity index (χ0n) is 15.6. The molecule has 1 N–H and O–H groups in total. The quantitative estimate of drug-likeness (QED) is 0.772. The molecule has 0 radical (unpaired) electrons. The highest BCUT2D eigenvalue weighted by Gasteiger charge is 2.24. The summed E-state index contributed by atoms with van der Waals surface area (Å²) in [5.41, 5.74) is 1.83. The van der Waals surface area contributed by atoms with Gasteiger partial charge in [0, 0.05) is 44.5 Å². The maximum absolute atomic E-state index is 13.1. The molecule has 5 heteroatoms. The minimum Gasteiger partial charge on any atom is -0.382 e. The van der Waals surface area contributed by atoms with Gasteiger partial charge in [0.05, 0.1) is 5.69 Å². The first-order valence-corrected chi connectivity index (χ1v) is 9.49. The van der Waals surface area contributed by atoms with Crippen LogP contribution in [0.25, 0.3) is 10.8 Å². The van der Waals surface area contributed by atoms with Crippen LogP contribution >= 0.6 is 0 Å². The number of benzene rings is 2. The molecule has 3 aromatic rings. The number of carbonyl (C=O) groups is 1. The van der Waals surface area contributed by atoms with E-state index >= 15 is 0 Å². The lowest BCUT2D eigenvalue weighted by Gasteiger charge is -2.36. The van der Waals surface area contributed by atoms with E-state index in [1.54, 1.807) is 0 Å². The lowest BCUT2D eigenvalue weighted by Crippen LogP contribution is -2.49. The number of rotatable bonds is 4. The number of piperazine rings is 1. The molecular weight excluding hydrogens is 336 g/mol. The van der Waals surface area contributed by atoms with E-state index in [9.17, 15) is 4.79 Å². The third-order valence-electron chi connectivity index (χ3n) is 5.04. The molecule has 2 aromatic carbocycles. The van der Waals surface area contributed by atoms with Gasteiger partial charge in [-0.05, 0) is 35.9 Å². The first kappa shape index (κ1) is 17.3. The lowest BCUT2D eigenvalue weighted by molar-refractivity contribution is 0.0748. The van der Waals surface area contributed by atoms with Crippen LogP contribution in [0.3, 0.4) is 0 Å². The Kier molecular flexibility index (Phi) is 4.92. The van der Waals surface area contributed by atoms with Gasteiger partial charge in [-0.25, -0.2) is 4.98 Å². The molecular formula is C22H24N4O. The van der Waals surface area contributed by atoms with Gasteiger partial charge in [-0.2, -0.15) is 0 Å². The van der Waals surface area contributed by atoms with Gasteiger partial charge in [-0.3, -0.25) is 4.79 Å². The van der Waals surface area contributed by atoms with Crippen LogP contribution in [0.15, 0.2) is 60.8 Å². The molecule has 1 amide bonds. The molecule has 0 bridgehead atoms. The van der Waals surface area contributed by atoms with Crippen molar-refractivity contribution >= 4 is 28.2 Å². The van der Waals surface area contributed by atoms with E-state index in [0.717, 1.165) is 47.5 Å². The van der Waals surface area contributed by atoms with Gasteiger partial charge >= 0.3 is 0 Å². The number of pyridine rings is 1. The molecule has 27 heavy (non-hydrogen) atoms. The molecule has 1 aromatic heterocycles. The third kappa shape index (κ3) is 3.45. The fraction of sp³-hybridized carbons (Fsp3) is 0.273. The van der Waals surface area contributed by atoms with Crippen LogP contribution in [0.1, 0.15) is 17.3 Å². The first-order chi connectivity index (χ1) is 13.3. The predicted molar refractivity (Wildman–Crippen MR) is 110 cm³/mol. The van der Waals surface area contributed by atoms with E-state index in [4.69, 9.17) is 0 Å². The number of aromatic nitrogens is 1. The van der Waals surface area contributed by atoms with Crippen molar-refractivity contribution < 1.29 is 4.79 Å². The van der Waals surface area contributed by atoms with Crippen LogP contribution in [0.2, 0.25) is 0 Å². The molecule has 4 rings (SSSR count). The molecule has 2 heterocycles. The Labute approximate surface area is 159 Å². The Hall–Kier alpha value is -3.08. The van der Waals surface area contributed by atoms with Crippen molar-refractivity contribution in [1.29, 1.82) is 0 Å². The maximum atomic E-state index is 13.1. The second kappa shape index (κ2) is 7.66. The van der Waals surface area contributed by atoms with E-state index < -0.39 is 0 Å². The summed E-state index contributed by atoms with van der Waals surface area (Å²) >= 11 is 0. The zero-order chi connectivity index (χ0) is 18.6. The van der Waals surface area contributed by atoms with E-state index in [-0.39, 0.29) is 5.91 Å². The van der Waals surface area contributed by atoms with Crippen molar-refractivity contribution in [2.24, 2.45) is 0 Å². The second-order valence-electron chi connectivity index (χ2n) is 6.71. The SMILES string of the molecule is CCNc1cccnc1N1CCN(C(=O)c2cccc3ccccc23)CC1. The maximum Gasteiger partial charge on any atom is 0.254 e. The summed E-state index contributed by atoms with van der Waals surface area (Å²) in [6.45, 7) is 5.90. The molecule has 138 valence electrons. The highest BCUT2D eigenvalue weighted by atomic mass is 16.2. The Bertz CT molecular complexity index is 942. The van der Waals surface area contributed by atoms with Gasteiger partial charge in [-0.1, -0.05) is 36.4 Å². The average Bonchev–Trinajstić information content (AvgIpc) is 2.74. The molecule has 0 spiro atoms. The van der Waals surface area contributed by atoms with Crippen LogP contribution in [-0.4, -0.2) is 48.5 Å². The Morgan fingerprint density at radius 1 is 1.00 bits per heavy atom. The smallest absolute Gasteiger partial charge is 0.254 e. The van der Waals surface area contributed by atoms with Crippen molar-refractivity contribution in [2.45, 2.75) is 6.92 Å². The normalized spacial score (nSPS) is 14.4. The summed E-state index contributed by atoms with van der Waals surface area (Å²) < 4.78 is 0. The minimum atomic E-state index is 0.111. The molecule has 0 saturated carbocycles. The van der Waals surface area contributed by atoms with Crippen molar-refractivity contribution in [2.75, 3.05) is 42.9 Å². The van der Waals surface area contributed by atoms with Gasteiger partial charge in [0.25, 0.3) is 5.91 Å². The topological polar surface area (TPSA) is 48.5 Å². The van der Waals surface area contributed by atoms with Gasteiger partial charge in [0.2, 0.25) is 0 Å². The first-order valence-electron chi connectivity index (χ1n) is 9.49. The summed E-state index contributed by atoms with van der Waals surface area (Å²) in [7, 11) is 0. The number of amides is 1. The van der Waals surface area contributed by atoms with E-state index in [0.29, 0.717) is 13.1 Å². The number of fused-ring (bicyclic) bond motifs is 1. The highest BCUT2D eigenvalue weighted by Crippen LogP contribution is 2.25. The average molecular weight is 360 g/mol. The molecule has 1 saturated heterocycles. The van der Waals surface area contributed by atoms with E-state index in [1.165, 1.54) is 0 Å². The van der Waals surface area contributed by atoms with Gasteiger partial charge in [-0.15, -0.1) is 0 Å². The van der Waals surface area contributed by atoms with Crippen molar-refractivity contribution in [3.63, 3.8) is 0 Å². The number of carbonyl (C=O) groups excluding carboxylic acids is 1.